The number of alkyl halides is 3. The predicted octanol–water partition coefficient (Wildman–Crippen LogP) is 4.03. The lowest BCUT2D eigenvalue weighted by atomic mass is 9.97. The first-order valence-electron chi connectivity index (χ1n) is 11.6. The Balaban J connectivity index is 1.06. The van der Waals surface area contributed by atoms with Crippen molar-refractivity contribution in [3.8, 4) is 0 Å². The van der Waals surface area contributed by atoms with Gasteiger partial charge in [0.2, 0.25) is 5.95 Å². The van der Waals surface area contributed by atoms with E-state index in [1.165, 1.54) is 12.1 Å². The second-order valence-electron chi connectivity index (χ2n) is 9.41. The van der Waals surface area contributed by atoms with Crippen LogP contribution in [-0.2, 0) is 18.0 Å². The first-order valence-corrected chi connectivity index (χ1v) is 12.6. The minimum Gasteiger partial charge on any atom is -0.378 e. The Kier molecular flexibility index (Phi) is 6.35. The van der Waals surface area contributed by atoms with Gasteiger partial charge in [0.25, 0.3) is 0 Å². The molecule has 2 aromatic rings. The lowest BCUT2D eigenvalue weighted by Crippen LogP contribution is -2.37. The molecule has 1 unspecified atom stereocenters. The van der Waals surface area contributed by atoms with Crippen LogP contribution in [-0.4, -0.2) is 71.4 Å². The minimum atomic E-state index is -4.27. The molecule has 10 heteroatoms. The van der Waals surface area contributed by atoms with Gasteiger partial charge in [-0.25, -0.2) is 0 Å². The van der Waals surface area contributed by atoms with E-state index >= 15 is 0 Å². The second kappa shape index (κ2) is 9.11. The van der Waals surface area contributed by atoms with Crippen LogP contribution < -0.4 is 4.90 Å². The molecule has 3 heterocycles. The largest absolute Gasteiger partial charge is 0.416 e. The van der Waals surface area contributed by atoms with Crippen molar-refractivity contribution in [2.24, 2.45) is 12.5 Å². The van der Waals surface area contributed by atoms with Crippen LogP contribution >= 0.6 is 11.8 Å². The van der Waals surface area contributed by atoms with E-state index in [1.807, 2.05) is 7.05 Å². The summed E-state index contributed by atoms with van der Waals surface area (Å²) < 4.78 is 46.0. The van der Waals surface area contributed by atoms with E-state index in [9.17, 15) is 13.2 Å². The standard InChI is InChI=1S/C23H30F3N5OS/c1-29-20(31-10-12-32-13-11-31)27-28-21(29)33-14-2-8-30-9-7-22(16-30)15-19(22)17-3-5-18(6-4-17)23(24,25)26/h3-6,19H,2,7-16H2,1H3/t19-,22?/m1/s1. The number of aromatic nitrogens is 3. The van der Waals surface area contributed by atoms with Crippen LogP contribution in [0.2, 0.25) is 0 Å². The molecule has 6 nitrogen and oxygen atoms in total. The third-order valence-electron chi connectivity index (χ3n) is 7.25. The van der Waals surface area contributed by atoms with Crippen molar-refractivity contribution >= 4 is 17.7 Å². The van der Waals surface area contributed by atoms with Crippen molar-refractivity contribution in [1.29, 1.82) is 0 Å². The SMILES string of the molecule is Cn1c(SCCCN2CCC3(C[C@@H]3c3ccc(C(F)(F)F)cc3)C2)nnc1N1CCOCC1. The zero-order valence-electron chi connectivity index (χ0n) is 18.9. The fourth-order valence-corrected chi connectivity index (χ4v) is 6.10. The predicted molar refractivity (Wildman–Crippen MR) is 122 cm³/mol. The lowest BCUT2D eigenvalue weighted by Gasteiger charge is -2.27. The number of hydrogen-bond acceptors (Lipinski definition) is 6. The number of nitrogens with zero attached hydrogens (tertiary/aromatic N) is 5. The van der Waals surface area contributed by atoms with Gasteiger partial charge in [0.15, 0.2) is 5.16 Å². The van der Waals surface area contributed by atoms with Crippen LogP contribution in [0.4, 0.5) is 19.1 Å². The Bertz CT molecular complexity index is 960. The van der Waals surface area contributed by atoms with Gasteiger partial charge < -0.3 is 14.5 Å². The number of ether oxygens (including phenoxy) is 1. The smallest absolute Gasteiger partial charge is 0.378 e. The molecule has 1 spiro atoms. The molecule has 2 saturated heterocycles. The summed E-state index contributed by atoms with van der Waals surface area (Å²) in [6.45, 7) is 6.32. The maximum absolute atomic E-state index is 12.8. The number of anilines is 1. The molecule has 180 valence electrons. The molecule has 0 N–H and O–H groups in total. The summed E-state index contributed by atoms with van der Waals surface area (Å²) in [5.41, 5.74) is 0.758. The quantitative estimate of drug-likeness (QED) is 0.440. The van der Waals surface area contributed by atoms with Crippen molar-refractivity contribution in [2.75, 3.05) is 56.6 Å². The van der Waals surface area contributed by atoms with Gasteiger partial charge in [0, 0.05) is 32.4 Å². The van der Waals surface area contributed by atoms with Gasteiger partial charge in [-0.1, -0.05) is 23.9 Å². The average molecular weight is 482 g/mol. The third kappa shape index (κ3) is 4.88. The molecule has 2 aliphatic heterocycles. The summed E-state index contributed by atoms with van der Waals surface area (Å²) in [7, 11) is 2.02. The summed E-state index contributed by atoms with van der Waals surface area (Å²) in [4.78, 5) is 4.73. The van der Waals surface area contributed by atoms with Gasteiger partial charge in [-0.2, -0.15) is 13.2 Å². The van der Waals surface area contributed by atoms with Crippen molar-refractivity contribution < 1.29 is 17.9 Å². The van der Waals surface area contributed by atoms with Gasteiger partial charge in [0.1, 0.15) is 0 Å². The number of benzene rings is 1. The zero-order chi connectivity index (χ0) is 23.1. The zero-order valence-corrected chi connectivity index (χ0v) is 19.7. The highest BCUT2D eigenvalue weighted by atomic mass is 32.2. The Labute approximate surface area is 196 Å². The lowest BCUT2D eigenvalue weighted by molar-refractivity contribution is -0.137. The van der Waals surface area contributed by atoms with Crippen molar-refractivity contribution in [1.82, 2.24) is 19.7 Å². The van der Waals surface area contributed by atoms with Crippen LogP contribution in [0.25, 0.3) is 0 Å². The van der Waals surface area contributed by atoms with E-state index in [4.69, 9.17) is 4.74 Å². The van der Waals surface area contributed by atoms with E-state index in [2.05, 4.69) is 24.6 Å². The highest BCUT2D eigenvalue weighted by Gasteiger charge is 2.57. The summed E-state index contributed by atoms with van der Waals surface area (Å²) >= 11 is 1.74. The molecule has 1 saturated carbocycles. The Morgan fingerprint density at radius 1 is 1.12 bits per heavy atom. The van der Waals surface area contributed by atoms with Gasteiger partial charge in [-0.15, -0.1) is 10.2 Å². The molecule has 0 amide bonds. The number of rotatable bonds is 7. The van der Waals surface area contributed by atoms with Crippen LogP contribution in [0.3, 0.4) is 0 Å². The fourth-order valence-electron chi connectivity index (χ4n) is 5.27. The maximum Gasteiger partial charge on any atom is 0.416 e. The van der Waals surface area contributed by atoms with Gasteiger partial charge >= 0.3 is 6.18 Å². The van der Waals surface area contributed by atoms with Crippen LogP contribution in [0, 0.1) is 5.41 Å². The van der Waals surface area contributed by atoms with Gasteiger partial charge in [0.05, 0.1) is 18.8 Å². The molecule has 1 aromatic carbocycles. The number of hydrogen-bond donors (Lipinski definition) is 0. The van der Waals surface area contributed by atoms with Crippen molar-refractivity contribution in [3.05, 3.63) is 35.4 Å². The van der Waals surface area contributed by atoms with E-state index in [1.54, 1.807) is 23.9 Å². The number of halogens is 3. The molecule has 3 fully saturated rings. The van der Waals surface area contributed by atoms with E-state index in [0.717, 1.165) is 87.6 Å². The average Bonchev–Trinajstić information content (AvgIpc) is 3.15. The fraction of sp³-hybridized carbons (Fsp3) is 0.652. The molecule has 5 rings (SSSR count). The Hall–Kier alpha value is -1.78. The number of thioether (sulfide) groups is 1. The topological polar surface area (TPSA) is 46.4 Å². The first kappa shape index (κ1) is 23.0. The van der Waals surface area contributed by atoms with Crippen LogP contribution in [0.1, 0.15) is 36.3 Å². The summed E-state index contributed by atoms with van der Waals surface area (Å²) in [5.74, 6) is 2.29. The first-order chi connectivity index (χ1) is 15.9. The molecule has 33 heavy (non-hydrogen) atoms. The molecule has 0 radical (unpaired) electrons. The monoisotopic (exact) mass is 481 g/mol. The molecule has 1 aromatic heterocycles. The molecular formula is C23H30F3N5OS. The van der Waals surface area contributed by atoms with Gasteiger partial charge in [-0.3, -0.25) is 4.57 Å². The maximum atomic E-state index is 12.8. The second-order valence-corrected chi connectivity index (χ2v) is 10.5. The normalized spacial score (nSPS) is 25.8. The number of likely N-dealkylation sites (tertiary alicyclic amines) is 1. The van der Waals surface area contributed by atoms with Crippen molar-refractivity contribution in [2.45, 2.75) is 36.5 Å². The molecule has 2 atom stereocenters. The third-order valence-corrected chi connectivity index (χ3v) is 8.36. The number of morpholine rings is 1. The van der Waals surface area contributed by atoms with E-state index < -0.39 is 11.7 Å². The van der Waals surface area contributed by atoms with Crippen molar-refractivity contribution in [3.63, 3.8) is 0 Å². The summed E-state index contributed by atoms with van der Waals surface area (Å²) in [5, 5.41) is 9.68. The highest BCUT2D eigenvalue weighted by Crippen LogP contribution is 2.64. The summed E-state index contributed by atoms with van der Waals surface area (Å²) in [6, 6.07) is 5.80. The summed E-state index contributed by atoms with van der Waals surface area (Å²) in [6.07, 6.45) is -0.965. The van der Waals surface area contributed by atoms with E-state index in [-0.39, 0.29) is 5.41 Å². The minimum absolute atomic E-state index is 0.267. The van der Waals surface area contributed by atoms with E-state index in [0.29, 0.717) is 5.92 Å². The molecule has 1 aliphatic carbocycles. The van der Waals surface area contributed by atoms with Crippen LogP contribution in [0.5, 0.6) is 0 Å². The van der Waals surface area contributed by atoms with Gasteiger partial charge in [-0.05, 0) is 61.4 Å². The Morgan fingerprint density at radius 2 is 1.88 bits per heavy atom. The molecule has 0 bridgehead atoms. The Morgan fingerprint density at radius 3 is 2.61 bits per heavy atom. The highest BCUT2D eigenvalue weighted by molar-refractivity contribution is 7.99. The molecule has 3 aliphatic rings. The molecular weight excluding hydrogens is 451 g/mol. The van der Waals surface area contributed by atoms with Crippen LogP contribution in [0.15, 0.2) is 29.4 Å².